The molecule has 25 heavy (non-hydrogen) atoms. The Morgan fingerprint density at radius 2 is 1.60 bits per heavy atom. The summed E-state index contributed by atoms with van der Waals surface area (Å²) in [7, 11) is 2.17. The zero-order valence-corrected chi connectivity index (χ0v) is 14.7. The lowest BCUT2D eigenvalue weighted by molar-refractivity contribution is -0.0724. The molecule has 4 rings (SSSR count). The predicted molar refractivity (Wildman–Crippen MR) is 99.5 cm³/mol. The van der Waals surface area contributed by atoms with Gasteiger partial charge in [-0.2, -0.15) is 0 Å². The molecule has 7 heteroatoms. The molecule has 0 atom stereocenters. The van der Waals surface area contributed by atoms with Crippen LogP contribution in [-0.4, -0.2) is 90.2 Å². The van der Waals surface area contributed by atoms with Crippen LogP contribution in [0.15, 0.2) is 30.5 Å². The van der Waals surface area contributed by atoms with E-state index in [9.17, 15) is 4.79 Å². The molecule has 1 aromatic carbocycles. The van der Waals surface area contributed by atoms with Crippen molar-refractivity contribution in [2.24, 2.45) is 0 Å². The van der Waals surface area contributed by atoms with Gasteiger partial charge in [0, 0.05) is 69.5 Å². The van der Waals surface area contributed by atoms with Gasteiger partial charge < -0.3 is 20.1 Å². The third kappa shape index (κ3) is 3.49. The minimum absolute atomic E-state index is 0.0113. The first-order chi connectivity index (χ1) is 12.2. The van der Waals surface area contributed by atoms with Crippen LogP contribution in [0.2, 0.25) is 0 Å². The maximum Gasteiger partial charge on any atom is 0.321 e. The lowest BCUT2D eigenvalue weighted by Gasteiger charge is -2.44. The van der Waals surface area contributed by atoms with Gasteiger partial charge in [-0.15, -0.1) is 0 Å². The van der Waals surface area contributed by atoms with Gasteiger partial charge >= 0.3 is 6.03 Å². The van der Waals surface area contributed by atoms with Crippen LogP contribution in [0.1, 0.15) is 0 Å². The Labute approximate surface area is 148 Å². The number of carbonyl (C=O) groups is 1. The summed E-state index contributed by atoms with van der Waals surface area (Å²) in [6, 6.07) is 8.00. The second-order valence-electron chi connectivity index (χ2n) is 6.88. The minimum Gasteiger partial charge on any atom is -0.359 e. The lowest BCUT2D eigenvalue weighted by atomic mass is 10.2. The number of hydrazine groups is 1. The first kappa shape index (κ1) is 16.4. The molecule has 0 spiro atoms. The SMILES string of the molecule is CN1CCN(N2CCN(C(=O)Nc3c[nH]c4ccccc34)CC2)CC1. The Kier molecular flexibility index (Phi) is 4.61. The highest BCUT2D eigenvalue weighted by atomic mass is 16.2. The molecule has 3 heterocycles. The first-order valence-electron chi connectivity index (χ1n) is 9.01. The van der Waals surface area contributed by atoms with Crippen molar-refractivity contribution in [1.29, 1.82) is 0 Å². The number of nitrogens with one attached hydrogen (secondary N) is 2. The molecule has 2 N–H and O–H groups in total. The van der Waals surface area contributed by atoms with E-state index in [1.807, 2.05) is 35.4 Å². The number of benzene rings is 1. The van der Waals surface area contributed by atoms with Gasteiger partial charge in [-0.05, 0) is 13.1 Å². The zero-order chi connectivity index (χ0) is 17.2. The normalized spacial score (nSPS) is 20.9. The highest BCUT2D eigenvalue weighted by Crippen LogP contribution is 2.23. The van der Waals surface area contributed by atoms with Gasteiger partial charge in [-0.25, -0.2) is 14.8 Å². The number of nitrogens with zero attached hydrogens (tertiary/aromatic N) is 4. The van der Waals surface area contributed by atoms with Crippen molar-refractivity contribution in [2.45, 2.75) is 0 Å². The number of rotatable bonds is 2. The molecule has 0 aliphatic carbocycles. The number of hydrogen-bond acceptors (Lipinski definition) is 4. The predicted octanol–water partition coefficient (Wildman–Crippen LogP) is 1.48. The Morgan fingerprint density at radius 1 is 0.960 bits per heavy atom. The number of piperazine rings is 2. The molecule has 1 aromatic heterocycles. The van der Waals surface area contributed by atoms with Crippen molar-refractivity contribution in [3.63, 3.8) is 0 Å². The maximum atomic E-state index is 12.6. The quantitative estimate of drug-likeness (QED) is 0.868. The summed E-state index contributed by atoms with van der Waals surface area (Å²) >= 11 is 0. The van der Waals surface area contributed by atoms with Gasteiger partial charge in [-0.1, -0.05) is 18.2 Å². The molecule has 0 saturated carbocycles. The molecule has 2 aliphatic heterocycles. The molecule has 134 valence electrons. The summed E-state index contributed by atoms with van der Waals surface area (Å²) < 4.78 is 0. The Hall–Kier alpha value is -2.09. The summed E-state index contributed by atoms with van der Waals surface area (Å²) in [4.78, 5) is 20.1. The van der Waals surface area contributed by atoms with Crippen molar-refractivity contribution in [3.05, 3.63) is 30.5 Å². The number of amides is 2. The molecule has 2 fully saturated rings. The number of aromatic amines is 1. The van der Waals surface area contributed by atoms with Crippen LogP contribution in [-0.2, 0) is 0 Å². The van der Waals surface area contributed by atoms with E-state index in [1.54, 1.807) is 0 Å². The highest BCUT2D eigenvalue weighted by molar-refractivity contribution is 6.00. The summed E-state index contributed by atoms with van der Waals surface area (Å²) in [5.74, 6) is 0. The third-order valence-electron chi connectivity index (χ3n) is 5.25. The summed E-state index contributed by atoms with van der Waals surface area (Å²) in [5.41, 5.74) is 1.89. The van der Waals surface area contributed by atoms with Crippen LogP contribution >= 0.6 is 0 Å². The van der Waals surface area contributed by atoms with Crippen LogP contribution in [0.4, 0.5) is 10.5 Å². The number of anilines is 1. The molecular formula is C18H26N6O. The Balaban J connectivity index is 1.32. The molecule has 0 unspecified atom stereocenters. The molecule has 2 amide bonds. The lowest BCUT2D eigenvalue weighted by Crippen LogP contribution is -2.59. The van der Waals surface area contributed by atoms with Crippen LogP contribution in [0, 0.1) is 0 Å². The third-order valence-corrected chi connectivity index (χ3v) is 5.25. The average Bonchev–Trinajstić information content (AvgIpc) is 3.06. The molecule has 2 aromatic rings. The molecule has 7 nitrogen and oxygen atoms in total. The number of hydrogen-bond donors (Lipinski definition) is 2. The van der Waals surface area contributed by atoms with Crippen LogP contribution in [0.3, 0.4) is 0 Å². The van der Waals surface area contributed by atoms with E-state index in [1.165, 1.54) is 0 Å². The topological polar surface area (TPSA) is 57.9 Å². The van der Waals surface area contributed by atoms with Gasteiger partial charge in [0.15, 0.2) is 0 Å². The van der Waals surface area contributed by atoms with E-state index in [0.29, 0.717) is 0 Å². The number of carbonyl (C=O) groups excluding carboxylic acids is 1. The van der Waals surface area contributed by atoms with E-state index >= 15 is 0 Å². The maximum absolute atomic E-state index is 12.6. The fourth-order valence-electron chi connectivity index (χ4n) is 3.63. The second-order valence-corrected chi connectivity index (χ2v) is 6.88. The van der Waals surface area contributed by atoms with Crippen molar-refractivity contribution < 1.29 is 4.79 Å². The van der Waals surface area contributed by atoms with Crippen LogP contribution in [0.5, 0.6) is 0 Å². The van der Waals surface area contributed by atoms with E-state index in [2.05, 4.69) is 32.3 Å². The van der Waals surface area contributed by atoms with Gasteiger partial charge in [-0.3, -0.25) is 0 Å². The summed E-state index contributed by atoms with van der Waals surface area (Å²) in [6.07, 6.45) is 1.86. The number of H-pyrrole nitrogens is 1. The van der Waals surface area contributed by atoms with Crippen molar-refractivity contribution >= 4 is 22.6 Å². The standard InChI is InChI=1S/C18H26N6O/c1-21-6-10-23(11-7-21)24-12-8-22(9-13-24)18(25)20-17-14-19-16-5-3-2-4-15(16)17/h2-5,14,19H,6-13H2,1H3,(H,20,25). The highest BCUT2D eigenvalue weighted by Gasteiger charge is 2.26. The molecule has 2 saturated heterocycles. The van der Waals surface area contributed by atoms with Gasteiger partial charge in [0.1, 0.15) is 0 Å². The molecule has 0 radical (unpaired) electrons. The molecule has 2 aliphatic rings. The van der Waals surface area contributed by atoms with Crippen molar-refractivity contribution in [1.82, 2.24) is 24.8 Å². The number of fused-ring (bicyclic) bond motifs is 1. The fourth-order valence-corrected chi connectivity index (χ4v) is 3.63. The van der Waals surface area contributed by atoms with E-state index in [-0.39, 0.29) is 6.03 Å². The van der Waals surface area contributed by atoms with Crippen LogP contribution < -0.4 is 5.32 Å². The second kappa shape index (κ2) is 7.03. The van der Waals surface area contributed by atoms with Crippen molar-refractivity contribution in [2.75, 3.05) is 64.7 Å². The number of aromatic nitrogens is 1. The number of likely N-dealkylation sites (N-methyl/N-ethyl adjacent to an activating group) is 1. The number of para-hydroxylation sites is 1. The first-order valence-corrected chi connectivity index (χ1v) is 9.01. The van der Waals surface area contributed by atoms with Gasteiger partial charge in [0.05, 0.1) is 5.69 Å². The largest absolute Gasteiger partial charge is 0.359 e. The average molecular weight is 342 g/mol. The molecule has 0 bridgehead atoms. The van der Waals surface area contributed by atoms with Crippen LogP contribution in [0.25, 0.3) is 10.9 Å². The van der Waals surface area contributed by atoms with E-state index in [4.69, 9.17) is 0 Å². The number of urea groups is 1. The molecular weight excluding hydrogens is 316 g/mol. The van der Waals surface area contributed by atoms with E-state index < -0.39 is 0 Å². The monoisotopic (exact) mass is 342 g/mol. The van der Waals surface area contributed by atoms with Gasteiger partial charge in [0.2, 0.25) is 0 Å². The van der Waals surface area contributed by atoms with Crippen molar-refractivity contribution in [3.8, 4) is 0 Å². The fraction of sp³-hybridized carbons (Fsp3) is 0.500. The Morgan fingerprint density at radius 3 is 2.32 bits per heavy atom. The minimum atomic E-state index is -0.0113. The Bertz CT molecular complexity index is 728. The van der Waals surface area contributed by atoms with Gasteiger partial charge in [0.25, 0.3) is 0 Å². The smallest absolute Gasteiger partial charge is 0.321 e. The van der Waals surface area contributed by atoms with E-state index in [0.717, 1.165) is 68.9 Å². The summed E-state index contributed by atoms with van der Waals surface area (Å²) in [5, 5.41) is 8.94. The summed E-state index contributed by atoms with van der Waals surface area (Å²) in [6.45, 7) is 7.73. The zero-order valence-electron chi connectivity index (χ0n) is 14.7.